The molecule has 0 bridgehead atoms. The molecule has 1 heterocycles. The highest BCUT2D eigenvalue weighted by Crippen LogP contribution is 2.05. The third-order valence-electron chi connectivity index (χ3n) is 2.57. The summed E-state index contributed by atoms with van der Waals surface area (Å²) in [6.45, 7) is 5.91. The molecule has 0 saturated carbocycles. The van der Waals surface area contributed by atoms with E-state index in [0.717, 1.165) is 12.2 Å². The van der Waals surface area contributed by atoms with Crippen molar-refractivity contribution in [1.82, 2.24) is 10.3 Å². The molecule has 1 aromatic rings. The van der Waals surface area contributed by atoms with Gasteiger partial charge < -0.3 is 15.5 Å². The third-order valence-corrected chi connectivity index (χ3v) is 2.57. The van der Waals surface area contributed by atoms with Crippen LogP contribution in [0.5, 0.6) is 0 Å². The minimum atomic E-state index is -0.208. The molecule has 0 spiro atoms. The topological polar surface area (TPSA) is 81.2 Å². The van der Waals surface area contributed by atoms with Gasteiger partial charge in [0.05, 0.1) is 12.7 Å². The Morgan fingerprint density at radius 2 is 2.31 bits per heavy atom. The lowest BCUT2D eigenvalue weighted by Gasteiger charge is -2.14. The van der Waals surface area contributed by atoms with Gasteiger partial charge in [-0.2, -0.15) is 0 Å². The molecule has 3 N–H and O–H groups in total. The van der Waals surface area contributed by atoms with Crippen molar-refractivity contribution in [3.63, 3.8) is 0 Å². The Hall–Kier alpha value is -1.36. The zero-order valence-corrected chi connectivity index (χ0v) is 9.99. The molecular formula is C11H19N3O2. The number of hydrogen-bond acceptors (Lipinski definition) is 4. The van der Waals surface area contributed by atoms with Crippen molar-refractivity contribution in [3.05, 3.63) is 17.8 Å². The van der Waals surface area contributed by atoms with Crippen LogP contribution in [0.2, 0.25) is 0 Å². The number of nitrogens with zero attached hydrogens (tertiary/aromatic N) is 1. The van der Waals surface area contributed by atoms with Gasteiger partial charge >= 0.3 is 0 Å². The highest BCUT2D eigenvalue weighted by molar-refractivity contribution is 5.78. The Morgan fingerprint density at radius 3 is 2.81 bits per heavy atom. The maximum Gasteiger partial charge on any atom is 0.224 e. The number of carbonyl (C=O) groups excluding carboxylic acids is 1. The lowest BCUT2D eigenvalue weighted by atomic mass is 10.0. The zero-order valence-electron chi connectivity index (χ0n) is 9.99. The second-order valence-electron chi connectivity index (χ2n) is 3.94. The van der Waals surface area contributed by atoms with Crippen LogP contribution in [0.3, 0.4) is 0 Å². The second kappa shape index (κ2) is 5.65. The van der Waals surface area contributed by atoms with Gasteiger partial charge in [0.2, 0.25) is 11.8 Å². The predicted octanol–water partition coefficient (Wildman–Crippen LogP) is 0.836. The molecule has 1 rings (SSSR count). The zero-order chi connectivity index (χ0) is 12.1. The van der Waals surface area contributed by atoms with E-state index in [1.165, 1.54) is 0 Å². The van der Waals surface area contributed by atoms with Crippen molar-refractivity contribution in [2.45, 2.75) is 39.8 Å². The second-order valence-corrected chi connectivity index (χ2v) is 3.94. The first-order valence-corrected chi connectivity index (χ1v) is 5.51. The minimum absolute atomic E-state index is 0.0775. The van der Waals surface area contributed by atoms with Crippen LogP contribution in [-0.2, 0) is 17.8 Å². The molecule has 5 nitrogen and oxygen atoms in total. The van der Waals surface area contributed by atoms with Crippen LogP contribution in [0.4, 0.5) is 0 Å². The van der Waals surface area contributed by atoms with Crippen LogP contribution >= 0.6 is 0 Å². The first-order chi connectivity index (χ1) is 7.54. The quantitative estimate of drug-likeness (QED) is 0.778. The van der Waals surface area contributed by atoms with Crippen molar-refractivity contribution in [3.8, 4) is 0 Å². The lowest BCUT2D eigenvalue weighted by Crippen LogP contribution is -2.38. The number of oxazole rings is 1. The molecule has 2 unspecified atom stereocenters. The number of aryl methyl sites for hydroxylation is 1. The number of rotatable bonds is 5. The van der Waals surface area contributed by atoms with E-state index in [2.05, 4.69) is 10.3 Å². The summed E-state index contributed by atoms with van der Waals surface area (Å²) >= 11 is 0. The molecule has 0 saturated heterocycles. The molecule has 90 valence electrons. The van der Waals surface area contributed by atoms with Crippen molar-refractivity contribution >= 4 is 5.91 Å². The van der Waals surface area contributed by atoms with Crippen LogP contribution < -0.4 is 11.1 Å². The van der Waals surface area contributed by atoms with E-state index in [-0.39, 0.29) is 17.9 Å². The Kier molecular flexibility index (Phi) is 4.49. The highest BCUT2D eigenvalue weighted by atomic mass is 16.4. The fourth-order valence-electron chi connectivity index (χ4n) is 1.16. The van der Waals surface area contributed by atoms with Gasteiger partial charge in [0.25, 0.3) is 0 Å². The minimum Gasteiger partial charge on any atom is -0.444 e. The van der Waals surface area contributed by atoms with Crippen molar-refractivity contribution < 1.29 is 9.21 Å². The smallest absolute Gasteiger partial charge is 0.224 e. The number of nitrogens with two attached hydrogens (primary N) is 1. The number of carbonyl (C=O) groups is 1. The van der Waals surface area contributed by atoms with E-state index >= 15 is 0 Å². The molecule has 0 aliphatic heterocycles. The average molecular weight is 225 g/mol. The van der Waals surface area contributed by atoms with Gasteiger partial charge in [0.15, 0.2) is 0 Å². The van der Waals surface area contributed by atoms with E-state index in [1.807, 2.05) is 13.8 Å². The predicted molar refractivity (Wildman–Crippen MR) is 60.5 cm³/mol. The van der Waals surface area contributed by atoms with Crippen LogP contribution in [0.1, 0.15) is 32.4 Å². The molecular weight excluding hydrogens is 206 g/mol. The first kappa shape index (κ1) is 12.7. The Balaban J connectivity index is 2.42. The third kappa shape index (κ3) is 3.34. The Morgan fingerprint density at radius 1 is 1.62 bits per heavy atom. The van der Waals surface area contributed by atoms with Crippen LogP contribution in [0, 0.1) is 5.92 Å². The Labute approximate surface area is 95.4 Å². The van der Waals surface area contributed by atoms with Gasteiger partial charge in [-0.15, -0.1) is 0 Å². The van der Waals surface area contributed by atoms with Crippen LogP contribution in [0.15, 0.2) is 10.6 Å². The summed E-state index contributed by atoms with van der Waals surface area (Å²) in [6, 6.07) is -0.157. The molecule has 5 heteroatoms. The average Bonchev–Trinajstić information content (AvgIpc) is 2.72. The normalized spacial score (nSPS) is 14.5. The number of aromatic nitrogens is 1. The van der Waals surface area contributed by atoms with Gasteiger partial charge in [0.1, 0.15) is 5.76 Å². The van der Waals surface area contributed by atoms with Gasteiger partial charge in [-0.05, 0) is 6.92 Å². The van der Waals surface area contributed by atoms with E-state index in [1.54, 1.807) is 13.1 Å². The SMILES string of the molecule is CCc1cnc(CNC(=O)C(C)C(C)N)o1. The van der Waals surface area contributed by atoms with Crippen LogP contribution in [0.25, 0.3) is 0 Å². The molecule has 2 atom stereocenters. The molecule has 1 aromatic heterocycles. The fraction of sp³-hybridized carbons (Fsp3) is 0.636. The van der Waals surface area contributed by atoms with Crippen molar-refractivity contribution in [2.24, 2.45) is 11.7 Å². The Bertz CT molecular complexity index is 347. The van der Waals surface area contributed by atoms with E-state index in [9.17, 15) is 4.79 Å². The molecule has 0 fully saturated rings. The summed E-state index contributed by atoms with van der Waals surface area (Å²) in [5.41, 5.74) is 5.63. The fourth-order valence-corrected chi connectivity index (χ4v) is 1.16. The van der Waals surface area contributed by atoms with E-state index < -0.39 is 0 Å². The van der Waals surface area contributed by atoms with Gasteiger partial charge in [-0.25, -0.2) is 4.98 Å². The number of hydrogen-bond donors (Lipinski definition) is 2. The number of amides is 1. The van der Waals surface area contributed by atoms with Crippen molar-refractivity contribution in [1.29, 1.82) is 0 Å². The summed E-state index contributed by atoms with van der Waals surface area (Å²) < 4.78 is 5.37. The van der Waals surface area contributed by atoms with Crippen LogP contribution in [-0.4, -0.2) is 16.9 Å². The molecule has 1 amide bonds. The van der Waals surface area contributed by atoms with E-state index in [0.29, 0.717) is 12.4 Å². The summed E-state index contributed by atoms with van der Waals surface area (Å²) in [5, 5.41) is 2.74. The summed E-state index contributed by atoms with van der Waals surface area (Å²) in [6.07, 6.45) is 2.48. The van der Waals surface area contributed by atoms with Gasteiger partial charge in [-0.3, -0.25) is 4.79 Å². The monoisotopic (exact) mass is 225 g/mol. The van der Waals surface area contributed by atoms with E-state index in [4.69, 9.17) is 10.2 Å². The highest BCUT2D eigenvalue weighted by Gasteiger charge is 2.17. The summed E-state index contributed by atoms with van der Waals surface area (Å²) in [7, 11) is 0. The number of nitrogens with one attached hydrogen (secondary N) is 1. The largest absolute Gasteiger partial charge is 0.444 e. The maximum absolute atomic E-state index is 11.6. The molecule has 0 aliphatic carbocycles. The van der Waals surface area contributed by atoms with Crippen molar-refractivity contribution in [2.75, 3.05) is 0 Å². The summed E-state index contributed by atoms with van der Waals surface area (Å²) in [4.78, 5) is 15.6. The first-order valence-electron chi connectivity index (χ1n) is 5.51. The maximum atomic E-state index is 11.6. The van der Waals surface area contributed by atoms with Gasteiger partial charge in [-0.1, -0.05) is 13.8 Å². The summed E-state index contributed by atoms with van der Waals surface area (Å²) in [5.74, 6) is 1.07. The molecule has 0 aliphatic rings. The molecule has 0 radical (unpaired) electrons. The molecule has 0 aromatic carbocycles. The van der Waals surface area contributed by atoms with Gasteiger partial charge in [0, 0.05) is 18.4 Å². The molecule has 16 heavy (non-hydrogen) atoms. The lowest BCUT2D eigenvalue weighted by molar-refractivity contribution is -0.125. The standard InChI is InChI=1S/C11H19N3O2/c1-4-9-5-13-10(16-9)6-14-11(15)7(2)8(3)12/h5,7-8H,4,6,12H2,1-3H3,(H,14,15).